The molecular formula is C21H26N6O5S2. The molecule has 1 aliphatic rings. The molecule has 0 aliphatic carbocycles. The SMILES string of the molecule is CN(C)Cc1cnc(OCC(CN=C2NS(=O)(=O)C(C#N)=C2N)OCOCc2ccccc2)s1. The van der Waals surface area contributed by atoms with Gasteiger partial charge in [-0.1, -0.05) is 41.7 Å². The third kappa shape index (κ3) is 7.24. The van der Waals surface area contributed by atoms with Gasteiger partial charge in [0, 0.05) is 17.6 Å². The first-order valence-electron chi connectivity index (χ1n) is 10.2. The molecule has 3 N–H and O–H groups in total. The lowest BCUT2D eigenvalue weighted by Crippen LogP contribution is -2.30. The van der Waals surface area contributed by atoms with Crippen molar-refractivity contribution in [2.24, 2.45) is 10.7 Å². The number of hydrogen-bond acceptors (Lipinski definition) is 11. The summed E-state index contributed by atoms with van der Waals surface area (Å²) in [7, 11) is -0.0615. The Kier molecular flexibility index (Phi) is 8.97. The number of rotatable bonds is 12. The van der Waals surface area contributed by atoms with E-state index in [2.05, 4.69) is 14.7 Å². The van der Waals surface area contributed by atoms with Gasteiger partial charge < -0.3 is 24.8 Å². The zero-order chi connectivity index (χ0) is 24.6. The molecule has 1 aromatic heterocycles. The van der Waals surface area contributed by atoms with Gasteiger partial charge >= 0.3 is 0 Å². The molecule has 0 spiro atoms. The van der Waals surface area contributed by atoms with E-state index in [9.17, 15) is 8.42 Å². The molecule has 1 unspecified atom stereocenters. The van der Waals surface area contributed by atoms with E-state index in [1.807, 2.05) is 49.3 Å². The number of ether oxygens (including phenoxy) is 3. The van der Waals surface area contributed by atoms with Crippen molar-refractivity contribution in [2.45, 2.75) is 19.3 Å². The number of nitrogens with zero attached hydrogens (tertiary/aromatic N) is 4. The average molecular weight is 507 g/mol. The van der Waals surface area contributed by atoms with E-state index in [0.29, 0.717) is 11.8 Å². The molecule has 11 nitrogen and oxygen atoms in total. The fourth-order valence-electron chi connectivity index (χ4n) is 2.85. The van der Waals surface area contributed by atoms with Crippen LogP contribution in [0.3, 0.4) is 0 Å². The van der Waals surface area contributed by atoms with Crippen LogP contribution in [0.1, 0.15) is 10.4 Å². The van der Waals surface area contributed by atoms with E-state index in [4.69, 9.17) is 25.2 Å². The fraction of sp³-hybridized carbons (Fsp3) is 0.381. The van der Waals surface area contributed by atoms with Gasteiger partial charge in [-0.25, -0.2) is 13.4 Å². The molecule has 2 heterocycles. The highest BCUT2D eigenvalue weighted by atomic mass is 32.2. The number of nitrogens with two attached hydrogens (primary N) is 1. The lowest BCUT2D eigenvalue weighted by Gasteiger charge is -2.16. The fourth-order valence-corrected chi connectivity index (χ4v) is 4.78. The quantitative estimate of drug-likeness (QED) is 0.319. The highest BCUT2D eigenvalue weighted by Crippen LogP contribution is 2.22. The number of hydrogen-bond donors (Lipinski definition) is 2. The van der Waals surface area contributed by atoms with Crippen LogP contribution < -0.4 is 15.2 Å². The van der Waals surface area contributed by atoms with Crippen LogP contribution in [-0.4, -0.2) is 64.3 Å². The number of benzene rings is 1. The van der Waals surface area contributed by atoms with Crippen molar-refractivity contribution in [1.29, 1.82) is 5.26 Å². The van der Waals surface area contributed by atoms with Crippen LogP contribution in [0.2, 0.25) is 0 Å². The Balaban J connectivity index is 1.61. The maximum atomic E-state index is 12.0. The molecule has 3 rings (SSSR count). The summed E-state index contributed by atoms with van der Waals surface area (Å²) in [6.07, 6.45) is 1.16. The largest absolute Gasteiger partial charge is 0.467 e. The van der Waals surface area contributed by atoms with Crippen LogP contribution in [0.5, 0.6) is 5.19 Å². The van der Waals surface area contributed by atoms with Crippen LogP contribution in [-0.2, 0) is 32.6 Å². The standard InChI is InChI=1S/C21H26N6O5S2/c1-27(2)11-17-10-25-21(33-17)31-13-16(32-14-30-12-15-6-4-3-5-7-15)9-24-20-19(23)18(8-22)34(28,29)26-20/h3-7,10,16H,9,11-14,23H2,1-2H3,(H,24,26). The number of amidine groups is 1. The highest BCUT2D eigenvalue weighted by Gasteiger charge is 2.33. The number of sulfonamides is 1. The number of nitrogens with one attached hydrogen (secondary N) is 1. The molecule has 2 aromatic rings. The highest BCUT2D eigenvalue weighted by molar-refractivity contribution is 7.94. The van der Waals surface area contributed by atoms with Gasteiger partial charge in [0.2, 0.25) is 0 Å². The second-order valence-electron chi connectivity index (χ2n) is 7.53. The Morgan fingerprint density at radius 3 is 2.76 bits per heavy atom. The molecule has 13 heteroatoms. The monoisotopic (exact) mass is 506 g/mol. The van der Waals surface area contributed by atoms with Crippen molar-refractivity contribution < 1.29 is 22.6 Å². The Labute approximate surface area is 202 Å². The lowest BCUT2D eigenvalue weighted by molar-refractivity contribution is -0.102. The topological polar surface area (TPSA) is 152 Å². The van der Waals surface area contributed by atoms with Gasteiger partial charge in [-0.2, -0.15) is 5.26 Å². The number of aromatic nitrogens is 1. The van der Waals surface area contributed by atoms with Crippen LogP contribution in [0.15, 0.2) is 52.1 Å². The Hall–Kier alpha value is -3.02. The zero-order valence-corrected chi connectivity index (χ0v) is 20.4. The third-order valence-corrected chi connectivity index (χ3v) is 6.66. The number of allylic oxidation sites excluding steroid dienone is 1. The second-order valence-corrected chi connectivity index (χ2v) is 10.2. The molecule has 0 fully saturated rings. The first-order chi connectivity index (χ1) is 16.3. The molecule has 0 radical (unpaired) electrons. The van der Waals surface area contributed by atoms with Crippen molar-refractivity contribution in [1.82, 2.24) is 14.6 Å². The summed E-state index contributed by atoms with van der Waals surface area (Å²) in [6, 6.07) is 11.2. The molecule has 0 saturated carbocycles. The van der Waals surface area contributed by atoms with E-state index in [1.54, 1.807) is 12.3 Å². The van der Waals surface area contributed by atoms with E-state index in [1.165, 1.54) is 11.3 Å². The van der Waals surface area contributed by atoms with Gasteiger partial charge in [0.15, 0.2) is 10.7 Å². The van der Waals surface area contributed by atoms with Gasteiger partial charge in [-0.05, 0) is 19.7 Å². The molecular weight excluding hydrogens is 480 g/mol. The number of thiazole rings is 1. The van der Waals surface area contributed by atoms with Gasteiger partial charge in [0.1, 0.15) is 31.3 Å². The maximum absolute atomic E-state index is 12.0. The minimum Gasteiger partial charge on any atom is -0.467 e. The normalized spacial score (nSPS) is 17.1. The Morgan fingerprint density at radius 1 is 1.32 bits per heavy atom. The molecule has 0 saturated heterocycles. The van der Waals surface area contributed by atoms with Crippen molar-refractivity contribution in [3.8, 4) is 11.3 Å². The molecule has 1 aliphatic heterocycles. The van der Waals surface area contributed by atoms with E-state index < -0.39 is 21.0 Å². The average Bonchev–Trinajstić information content (AvgIpc) is 3.32. The van der Waals surface area contributed by atoms with Crippen LogP contribution in [0, 0.1) is 11.3 Å². The summed E-state index contributed by atoms with van der Waals surface area (Å²) in [6.45, 7) is 1.20. The third-order valence-electron chi connectivity index (χ3n) is 4.45. The summed E-state index contributed by atoms with van der Waals surface area (Å²) >= 11 is 1.42. The summed E-state index contributed by atoms with van der Waals surface area (Å²) in [4.78, 5) is 11.0. The molecule has 1 atom stereocenters. The number of nitriles is 1. The van der Waals surface area contributed by atoms with Crippen molar-refractivity contribution in [3.63, 3.8) is 0 Å². The van der Waals surface area contributed by atoms with E-state index in [-0.39, 0.29) is 31.5 Å². The summed E-state index contributed by atoms with van der Waals surface area (Å²) in [5, 5.41) is 9.52. The van der Waals surface area contributed by atoms with Gasteiger partial charge in [-0.3, -0.25) is 9.71 Å². The zero-order valence-electron chi connectivity index (χ0n) is 18.8. The second kappa shape index (κ2) is 11.9. The number of aliphatic imine (C=N–C) groups is 1. The Morgan fingerprint density at radius 2 is 2.09 bits per heavy atom. The predicted octanol–water partition coefficient (Wildman–Crippen LogP) is 1.17. The molecule has 182 valence electrons. The predicted molar refractivity (Wildman–Crippen MR) is 127 cm³/mol. The minimum absolute atomic E-state index is 0.0158. The molecule has 0 bridgehead atoms. The van der Waals surface area contributed by atoms with Gasteiger partial charge in [0.05, 0.1) is 13.2 Å². The maximum Gasteiger partial charge on any atom is 0.275 e. The summed E-state index contributed by atoms with van der Waals surface area (Å²) in [5.74, 6) is -0.0992. The molecule has 1 aromatic carbocycles. The first kappa shape index (κ1) is 25.6. The van der Waals surface area contributed by atoms with Crippen LogP contribution >= 0.6 is 11.3 Å². The molecule has 0 amide bonds. The van der Waals surface area contributed by atoms with Crippen LogP contribution in [0.4, 0.5) is 0 Å². The van der Waals surface area contributed by atoms with Gasteiger partial charge in [0.25, 0.3) is 15.2 Å². The summed E-state index contributed by atoms with van der Waals surface area (Å²) in [5.41, 5.74) is 6.54. The smallest absolute Gasteiger partial charge is 0.275 e. The molecule has 34 heavy (non-hydrogen) atoms. The van der Waals surface area contributed by atoms with Crippen molar-refractivity contribution >= 4 is 27.2 Å². The van der Waals surface area contributed by atoms with Crippen molar-refractivity contribution in [3.05, 3.63) is 57.6 Å². The Bertz CT molecular complexity index is 1170. The summed E-state index contributed by atoms with van der Waals surface area (Å²) < 4.78 is 43.2. The van der Waals surface area contributed by atoms with Crippen molar-refractivity contribution in [2.75, 3.05) is 34.0 Å². The van der Waals surface area contributed by atoms with E-state index in [0.717, 1.165) is 17.0 Å². The lowest BCUT2D eigenvalue weighted by atomic mass is 10.2. The minimum atomic E-state index is -3.99. The van der Waals surface area contributed by atoms with Gasteiger partial charge in [-0.15, -0.1) is 0 Å². The first-order valence-corrected chi connectivity index (χ1v) is 12.5. The van der Waals surface area contributed by atoms with Crippen LogP contribution in [0.25, 0.3) is 0 Å². The van der Waals surface area contributed by atoms with E-state index >= 15 is 0 Å².